The number of carboxylic acid groups (broad SMARTS) is 1. The van der Waals surface area contributed by atoms with Crippen molar-refractivity contribution in [3.63, 3.8) is 0 Å². The van der Waals surface area contributed by atoms with E-state index in [-0.39, 0.29) is 0 Å². The van der Waals surface area contributed by atoms with Crippen LogP contribution in [0.2, 0.25) is 0 Å². The molecule has 7 nitrogen and oxygen atoms in total. The van der Waals surface area contributed by atoms with Gasteiger partial charge >= 0.3 is 5.97 Å². The number of carbonyl (C=O) groups is 1. The number of aromatic amines is 1. The van der Waals surface area contributed by atoms with Crippen LogP contribution < -0.4 is 0 Å². The van der Waals surface area contributed by atoms with Crippen LogP contribution in [0.15, 0.2) is 47.6 Å². The molecule has 19 heavy (non-hydrogen) atoms. The first-order chi connectivity index (χ1) is 8.82. The van der Waals surface area contributed by atoms with Gasteiger partial charge in [0, 0.05) is 12.4 Å². The zero-order chi connectivity index (χ0) is 14.5. The van der Waals surface area contributed by atoms with Gasteiger partial charge in [0.05, 0.1) is 4.90 Å². The van der Waals surface area contributed by atoms with Crippen LogP contribution in [0.3, 0.4) is 0 Å². The lowest BCUT2D eigenvalue weighted by molar-refractivity contribution is 0.0693. The molecule has 0 radical (unpaired) electrons. The van der Waals surface area contributed by atoms with Gasteiger partial charge < -0.3 is 15.2 Å². The Morgan fingerprint density at radius 3 is 2.11 bits per heavy atom. The number of carboxylic acids is 1. The standard InChI is InChI=1S/C7H6O6S.C4H5N/c8-6-2-1-4(14(11,12)13)3-5(6)7(9)10;1-2-4-5-3-1/h1-3,8H,(H,9,10)(H,11,12,13);1-5H. The van der Waals surface area contributed by atoms with Crippen LogP contribution in [0.5, 0.6) is 5.75 Å². The van der Waals surface area contributed by atoms with Gasteiger partial charge in [-0.1, -0.05) is 0 Å². The van der Waals surface area contributed by atoms with E-state index in [2.05, 4.69) is 4.98 Å². The second-order valence-electron chi connectivity index (χ2n) is 3.34. The highest BCUT2D eigenvalue weighted by molar-refractivity contribution is 7.85. The quantitative estimate of drug-likeness (QED) is 0.617. The van der Waals surface area contributed by atoms with Gasteiger partial charge in [0.25, 0.3) is 10.1 Å². The Hall–Kier alpha value is -2.32. The Morgan fingerprint density at radius 2 is 1.74 bits per heavy atom. The summed E-state index contributed by atoms with van der Waals surface area (Å²) in [7, 11) is -4.45. The maximum atomic E-state index is 10.6. The van der Waals surface area contributed by atoms with Gasteiger partial charge in [-0.05, 0) is 30.3 Å². The number of nitrogens with one attached hydrogen (secondary N) is 1. The molecule has 8 heteroatoms. The van der Waals surface area contributed by atoms with Crippen molar-refractivity contribution >= 4 is 16.1 Å². The molecule has 0 spiro atoms. The zero-order valence-corrected chi connectivity index (χ0v) is 10.3. The maximum Gasteiger partial charge on any atom is 0.339 e. The van der Waals surface area contributed by atoms with Crippen LogP contribution in [0.4, 0.5) is 0 Å². The van der Waals surface area contributed by atoms with Crippen LogP contribution in [0.25, 0.3) is 0 Å². The minimum Gasteiger partial charge on any atom is -0.507 e. The van der Waals surface area contributed by atoms with Crippen molar-refractivity contribution in [3.8, 4) is 5.75 Å². The van der Waals surface area contributed by atoms with Gasteiger partial charge in [-0.3, -0.25) is 4.55 Å². The molecule has 0 aliphatic heterocycles. The SMILES string of the molecule is O=C(O)c1cc(S(=O)(=O)O)ccc1O.c1cc[nH]c1. The van der Waals surface area contributed by atoms with E-state index in [1.54, 1.807) is 0 Å². The number of H-pyrrole nitrogens is 1. The minimum atomic E-state index is -4.45. The molecule has 1 aromatic carbocycles. The molecule has 0 fully saturated rings. The second kappa shape index (κ2) is 6.03. The summed E-state index contributed by atoms with van der Waals surface area (Å²) in [6, 6.07) is 6.34. The molecule has 2 rings (SSSR count). The highest BCUT2D eigenvalue weighted by Crippen LogP contribution is 2.20. The number of aromatic hydroxyl groups is 1. The molecular formula is C11H11NO6S. The van der Waals surface area contributed by atoms with Gasteiger partial charge in [-0.25, -0.2) is 4.79 Å². The Bertz CT molecular complexity index is 631. The summed E-state index contributed by atoms with van der Waals surface area (Å²) >= 11 is 0. The van der Waals surface area contributed by atoms with E-state index in [1.165, 1.54) is 0 Å². The van der Waals surface area contributed by atoms with E-state index in [1.807, 2.05) is 24.5 Å². The summed E-state index contributed by atoms with van der Waals surface area (Å²) in [6.07, 6.45) is 3.75. The topological polar surface area (TPSA) is 128 Å². The average molecular weight is 285 g/mol. The molecule has 0 saturated carbocycles. The highest BCUT2D eigenvalue weighted by atomic mass is 32.2. The molecule has 4 N–H and O–H groups in total. The summed E-state index contributed by atoms with van der Waals surface area (Å²) in [5.74, 6) is -2.04. The third kappa shape index (κ3) is 4.45. The van der Waals surface area contributed by atoms with Gasteiger partial charge in [0.2, 0.25) is 0 Å². The van der Waals surface area contributed by atoms with Crippen molar-refractivity contribution in [1.29, 1.82) is 0 Å². The van der Waals surface area contributed by atoms with E-state index in [4.69, 9.17) is 14.8 Å². The fourth-order valence-corrected chi connectivity index (χ4v) is 1.63. The number of aromatic nitrogens is 1. The summed E-state index contributed by atoms with van der Waals surface area (Å²) < 4.78 is 29.8. The first-order valence-electron chi connectivity index (χ1n) is 4.94. The first kappa shape index (κ1) is 14.7. The van der Waals surface area contributed by atoms with Crippen molar-refractivity contribution in [2.45, 2.75) is 4.90 Å². The van der Waals surface area contributed by atoms with Crippen LogP contribution in [-0.2, 0) is 10.1 Å². The lowest BCUT2D eigenvalue weighted by Gasteiger charge is -2.01. The lowest BCUT2D eigenvalue weighted by atomic mass is 10.2. The molecule has 1 heterocycles. The lowest BCUT2D eigenvalue weighted by Crippen LogP contribution is -2.02. The molecule has 1 aromatic heterocycles. The van der Waals surface area contributed by atoms with Gasteiger partial charge in [-0.2, -0.15) is 8.42 Å². The number of benzene rings is 1. The smallest absolute Gasteiger partial charge is 0.339 e. The first-order valence-corrected chi connectivity index (χ1v) is 6.38. The molecule has 0 saturated heterocycles. The number of aromatic carboxylic acids is 1. The van der Waals surface area contributed by atoms with E-state index in [0.29, 0.717) is 6.07 Å². The van der Waals surface area contributed by atoms with E-state index in [9.17, 15) is 13.2 Å². The van der Waals surface area contributed by atoms with Crippen molar-refractivity contribution in [2.75, 3.05) is 0 Å². The predicted molar refractivity (Wildman–Crippen MR) is 65.7 cm³/mol. The zero-order valence-electron chi connectivity index (χ0n) is 9.52. The van der Waals surface area contributed by atoms with Crippen LogP contribution in [0, 0.1) is 0 Å². The Kier molecular flexibility index (Phi) is 4.67. The normalized spacial score (nSPS) is 10.4. The maximum absolute atomic E-state index is 10.6. The van der Waals surface area contributed by atoms with Crippen LogP contribution >= 0.6 is 0 Å². The van der Waals surface area contributed by atoms with Crippen LogP contribution in [-0.4, -0.2) is 34.1 Å². The molecule has 102 valence electrons. The van der Waals surface area contributed by atoms with Crippen molar-refractivity contribution in [2.24, 2.45) is 0 Å². The molecular weight excluding hydrogens is 274 g/mol. The summed E-state index contributed by atoms with van der Waals surface area (Å²) in [6.45, 7) is 0. The highest BCUT2D eigenvalue weighted by Gasteiger charge is 2.16. The average Bonchev–Trinajstić information content (AvgIpc) is 2.86. The third-order valence-corrected chi connectivity index (χ3v) is 2.84. The molecule has 0 amide bonds. The largest absolute Gasteiger partial charge is 0.507 e. The van der Waals surface area contributed by atoms with E-state index >= 15 is 0 Å². The predicted octanol–water partition coefficient (Wildman–Crippen LogP) is 1.35. The number of phenols is 1. The Balaban J connectivity index is 0.000000300. The van der Waals surface area contributed by atoms with Gasteiger partial charge in [-0.15, -0.1) is 0 Å². The van der Waals surface area contributed by atoms with Gasteiger partial charge in [0.1, 0.15) is 11.3 Å². The Labute approximate surface area is 108 Å². The van der Waals surface area contributed by atoms with E-state index in [0.717, 1.165) is 12.1 Å². The second-order valence-corrected chi connectivity index (χ2v) is 4.77. The van der Waals surface area contributed by atoms with Gasteiger partial charge in [0.15, 0.2) is 0 Å². The summed E-state index contributed by atoms with van der Waals surface area (Å²) in [5.41, 5.74) is -0.583. The number of hydrogen-bond donors (Lipinski definition) is 4. The van der Waals surface area contributed by atoms with Crippen molar-refractivity contribution in [1.82, 2.24) is 4.98 Å². The van der Waals surface area contributed by atoms with Crippen molar-refractivity contribution < 1.29 is 28.0 Å². The number of rotatable bonds is 2. The van der Waals surface area contributed by atoms with Crippen LogP contribution in [0.1, 0.15) is 10.4 Å². The minimum absolute atomic E-state index is 0.565. The molecule has 0 atom stereocenters. The third-order valence-electron chi connectivity index (χ3n) is 1.99. The number of hydrogen-bond acceptors (Lipinski definition) is 4. The molecule has 0 aliphatic rings. The molecule has 0 aliphatic carbocycles. The van der Waals surface area contributed by atoms with Crippen molar-refractivity contribution in [3.05, 3.63) is 48.3 Å². The summed E-state index contributed by atoms with van der Waals surface area (Å²) in [4.78, 5) is 12.7. The monoisotopic (exact) mass is 285 g/mol. The van der Waals surface area contributed by atoms with E-state index < -0.39 is 32.3 Å². The molecule has 2 aromatic rings. The molecule has 0 unspecified atom stereocenters. The summed E-state index contributed by atoms with van der Waals surface area (Å²) in [5, 5.41) is 17.5. The fourth-order valence-electron chi connectivity index (χ4n) is 1.12. The molecule has 0 bridgehead atoms. The fraction of sp³-hybridized carbons (Fsp3) is 0. The Morgan fingerprint density at radius 1 is 1.16 bits per heavy atom.